The van der Waals surface area contributed by atoms with E-state index >= 15 is 0 Å². The fraction of sp³-hybridized carbons (Fsp3) is 0. The summed E-state index contributed by atoms with van der Waals surface area (Å²) >= 11 is 0. The van der Waals surface area contributed by atoms with Crippen molar-refractivity contribution in [2.75, 3.05) is 0 Å². The van der Waals surface area contributed by atoms with Gasteiger partial charge >= 0.3 is 11.9 Å². The average Bonchev–Trinajstić information content (AvgIpc) is 2.67. The second-order valence-corrected chi connectivity index (χ2v) is 5.73. The normalized spacial score (nSPS) is 9.93. The maximum atomic E-state index is 12.5. The largest absolute Gasteiger partial charge is 0.386 e. The number of esters is 2. The molecule has 0 bridgehead atoms. The molecule has 0 aliphatic rings. The standard InChI is InChI=1S/C22H14O3.2K/c23-21(19-13-5-9-15-7-1-3-11-17(15)19)25-22(24)20-14-6-10-16-8-2-4-12-18(16)20;;/h1-14H;;. The molecule has 0 amide bonds. The molecule has 0 atom stereocenters. The fourth-order valence-electron chi connectivity index (χ4n) is 3.00. The van der Waals surface area contributed by atoms with Gasteiger partial charge < -0.3 is 4.74 Å². The Morgan fingerprint density at radius 1 is 0.519 bits per heavy atom. The molecule has 0 heterocycles. The molecule has 0 aliphatic carbocycles. The van der Waals surface area contributed by atoms with Crippen molar-refractivity contribution in [2.24, 2.45) is 0 Å². The van der Waals surface area contributed by atoms with Crippen molar-refractivity contribution in [1.82, 2.24) is 0 Å². The summed E-state index contributed by atoms with van der Waals surface area (Å²) in [6.45, 7) is 0. The molecule has 2 radical (unpaired) electrons. The Morgan fingerprint density at radius 2 is 0.889 bits per heavy atom. The van der Waals surface area contributed by atoms with Gasteiger partial charge in [0.15, 0.2) is 0 Å². The number of hydrogen-bond donors (Lipinski definition) is 0. The second kappa shape index (κ2) is 10.5. The Labute approximate surface area is 242 Å². The van der Waals surface area contributed by atoms with Gasteiger partial charge in [0.25, 0.3) is 0 Å². The van der Waals surface area contributed by atoms with Gasteiger partial charge in [-0.25, -0.2) is 9.59 Å². The number of benzene rings is 4. The smallest absolute Gasteiger partial charge is 0.346 e. The Bertz CT molecular complexity index is 1020. The SMILES string of the molecule is O=C(OC(=O)c1cccc2ccccc12)c1cccc2ccccc12.[K].[K]. The topological polar surface area (TPSA) is 43.4 Å². The molecular weight excluding hydrogens is 390 g/mol. The zero-order valence-corrected chi connectivity index (χ0v) is 21.6. The molecule has 0 unspecified atom stereocenters. The average molecular weight is 405 g/mol. The first-order valence-electron chi connectivity index (χ1n) is 7.96. The molecule has 4 aromatic rings. The molecule has 0 fully saturated rings. The number of carbonyl (C=O) groups excluding carboxylic acids is 2. The van der Waals surface area contributed by atoms with Crippen molar-refractivity contribution in [3.63, 3.8) is 0 Å². The molecule has 122 valence electrons. The predicted octanol–water partition coefficient (Wildman–Crippen LogP) is 4.23. The summed E-state index contributed by atoms with van der Waals surface area (Å²) in [4.78, 5) is 25.1. The maximum Gasteiger partial charge on any atom is 0.346 e. The van der Waals surface area contributed by atoms with E-state index in [4.69, 9.17) is 4.74 Å². The summed E-state index contributed by atoms with van der Waals surface area (Å²) in [5.74, 6) is -1.29. The van der Waals surface area contributed by atoms with E-state index in [9.17, 15) is 9.59 Å². The molecule has 27 heavy (non-hydrogen) atoms. The maximum absolute atomic E-state index is 12.5. The Morgan fingerprint density at radius 3 is 1.33 bits per heavy atom. The zero-order valence-electron chi connectivity index (χ0n) is 15.3. The fourth-order valence-corrected chi connectivity index (χ4v) is 3.00. The minimum atomic E-state index is -0.644. The summed E-state index contributed by atoms with van der Waals surface area (Å²) in [5, 5.41) is 3.38. The van der Waals surface area contributed by atoms with Gasteiger partial charge in [-0.05, 0) is 33.7 Å². The van der Waals surface area contributed by atoms with Crippen molar-refractivity contribution in [1.29, 1.82) is 0 Å². The summed E-state index contributed by atoms with van der Waals surface area (Å²) in [7, 11) is 0. The minimum Gasteiger partial charge on any atom is -0.386 e. The van der Waals surface area contributed by atoms with Crippen molar-refractivity contribution in [2.45, 2.75) is 0 Å². The van der Waals surface area contributed by atoms with Crippen LogP contribution in [0.2, 0.25) is 0 Å². The Hall–Kier alpha value is -0.187. The quantitative estimate of drug-likeness (QED) is 0.285. The molecule has 3 nitrogen and oxygen atoms in total. The Balaban J connectivity index is 0.00000131. The van der Waals surface area contributed by atoms with Gasteiger partial charge in [0, 0.05) is 103 Å². The molecule has 0 saturated carbocycles. The van der Waals surface area contributed by atoms with E-state index in [1.165, 1.54) is 0 Å². The molecule has 0 aliphatic heterocycles. The van der Waals surface area contributed by atoms with E-state index < -0.39 is 11.9 Å². The zero-order chi connectivity index (χ0) is 17.2. The van der Waals surface area contributed by atoms with Crippen LogP contribution in [0.15, 0.2) is 84.9 Å². The minimum absolute atomic E-state index is 0. The monoisotopic (exact) mass is 404 g/mol. The summed E-state index contributed by atoms with van der Waals surface area (Å²) in [6, 6.07) is 25.7. The molecule has 5 heteroatoms. The van der Waals surface area contributed by atoms with E-state index in [0.29, 0.717) is 11.1 Å². The van der Waals surface area contributed by atoms with Gasteiger partial charge in [0.1, 0.15) is 0 Å². The van der Waals surface area contributed by atoms with Gasteiger partial charge in [-0.2, -0.15) is 0 Å². The first kappa shape index (κ1) is 23.1. The third kappa shape index (κ3) is 5.05. The van der Waals surface area contributed by atoms with Crippen LogP contribution in [0.4, 0.5) is 0 Å². The number of carbonyl (C=O) groups is 2. The molecular formula is C22H14K2O3. The van der Waals surface area contributed by atoms with Crippen LogP contribution < -0.4 is 0 Å². The van der Waals surface area contributed by atoms with Crippen LogP contribution in [-0.2, 0) is 4.74 Å². The number of ether oxygens (including phenoxy) is 1. The molecule has 0 spiro atoms. The number of hydrogen-bond acceptors (Lipinski definition) is 3. The summed E-state index contributed by atoms with van der Waals surface area (Å²) in [6.07, 6.45) is 0. The number of fused-ring (bicyclic) bond motifs is 2. The third-order valence-electron chi connectivity index (χ3n) is 4.20. The van der Waals surface area contributed by atoms with Crippen LogP contribution in [0, 0.1) is 0 Å². The van der Waals surface area contributed by atoms with Crippen molar-refractivity contribution < 1.29 is 14.3 Å². The molecule has 0 saturated heterocycles. The molecule has 0 aromatic heterocycles. The summed E-state index contributed by atoms with van der Waals surface area (Å²) < 4.78 is 5.16. The van der Waals surface area contributed by atoms with E-state index in [2.05, 4.69) is 0 Å². The van der Waals surface area contributed by atoms with E-state index in [0.717, 1.165) is 21.5 Å². The van der Waals surface area contributed by atoms with Crippen LogP contribution in [0.25, 0.3) is 21.5 Å². The first-order valence-corrected chi connectivity index (χ1v) is 7.96. The van der Waals surface area contributed by atoms with Crippen LogP contribution >= 0.6 is 0 Å². The predicted molar refractivity (Wildman–Crippen MR) is 109 cm³/mol. The first-order chi connectivity index (χ1) is 12.2. The van der Waals surface area contributed by atoms with Gasteiger partial charge in [-0.15, -0.1) is 0 Å². The van der Waals surface area contributed by atoms with E-state index in [1.807, 2.05) is 60.7 Å². The summed E-state index contributed by atoms with van der Waals surface area (Å²) in [5.41, 5.74) is 0.762. The Kier molecular flexibility index (Phi) is 9.02. The van der Waals surface area contributed by atoms with Crippen LogP contribution in [0.5, 0.6) is 0 Å². The van der Waals surface area contributed by atoms with Gasteiger partial charge in [0.2, 0.25) is 0 Å². The van der Waals surface area contributed by atoms with Crippen molar-refractivity contribution >= 4 is 136 Å². The molecule has 4 rings (SSSR count). The van der Waals surface area contributed by atoms with Crippen LogP contribution in [-0.4, -0.2) is 115 Å². The second-order valence-electron chi connectivity index (χ2n) is 5.73. The molecule has 4 aromatic carbocycles. The number of rotatable bonds is 2. The van der Waals surface area contributed by atoms with E-state index in [-0.39, 0.29) is 103 Å². The third-order valence-corrected chi connectivity index (χ3v) is 4.20. The van der Waals surface area contributed by atoms with E-state index in [1.54, 1.807) is 24.3 Å². The van der Waals surface area contributed by atoms with Gasteiger partial charge in [-0.3, -0.25) is 0 Å². The molecule has 0 N–H and O–H groups in total. The van der Waals surface area contributed by atoms with Crippen LogP contribution in [0.1, 0.15) is 20.7 Å². The van der Waals surface area contributed by atoms with Crippen LogP contribution in [0.3, 0.4) is 0 Å². The van der Waals surface area contributed by atoms with Gasteiger partial charge in [0.05, 0.1) is 11.1 Å². The van der Waals surface area contributed by atoms with Crippen molar-refractivity contribution in [3.8, 4) is 0 Å². The van der Waals surface area contributed by atoms with Crippen molar-refractivity contribution in [3.05, 3.63) is 96.1 Å². The van der Waals surface area contributed by atoms with Gasteiger partial charge in [-0.1, -0.05) is 72.8 Å².